The van der Waals surface area contributed by atoms with Gasteiger partial charge in [0.25, 0.3) is 5.91 Å². The molecular weight excluding hydrogens is 384 g/mol. The Bertz CT molecular complexity index is 1030. The zero-order chi connectivity index (χ0) is 20.1. The molecule has 0 aromatic heterocycles. The summed E-state index contributed by atoms with van der Waals surface area (Å²) in [5.74, 6) is -0.352. The second kappa shape index (κ2) is 8.29. The predicted octanol–water partition coefficient (Wildman–Crippen LogP) is 4.08. The number of nitrogens with one attached hydrogen (secondary N) is 2. The van der Waals surface area contributed by atoms with E-state index in [-0.39, 0.29) is 5.91 Å². The van der Waals surface area contributed by atoms with Crippen molar-refractivity contribution in [1.29, 1.82) is 0 Å². The molecule has 0 saturated heterocycles. The molecule has 5 nitrogen and oxygen atoms in total. The van der Waals surface area contributed by atoms with Crippen LogP contribution in [0.15, 0.2) is 95.1 Å². The predicted molar refractivity (Wildman–Crippen MR) is 116 cm³/mol. The highest BCUT2D eigenvalue weighted by molar-refractivity contribution is 6.39. The molecule has 0 unspecified atom stereocenters. The van der Waals surface area contributed by atoms with Crippen molar-refractivity contribution in [3.8, 4) is 0 Å². The monoisotopic (exact) mass is 402 g/mol. The third-order valence-electron chi connectivity index (χ3n) is 4.88. The van der Waals surface area contributed by atoms with E-state index in [0.29, 0.717) is 17.2 Å². The van der Waals surface area contributed by atoms with Gasteiger partial charge in [-0.25, -0.2) is 5.43 Å². The number of carbonyl (C=O) groups excluding carboxylic acids is 1. The number of nitrogens with zero attached hydrogens (tertiary/aromatic N) is 2. The first-order chi connectivity index (χ1) is 14.2. The van der Waals surface area contributed by atoms with E-state index in [1.807, 2.05) is 78.9 Å². The van der Waals surface area contributed by atoms with Gasteiger partial charge in [0.05, 0.1) is 6.21 Å². The summed E-state index contributed by atoms with van der Waals surface area (Å²) >= 11 is 6.10. The molecule has 0 atom stereocenters. The maximum Gasteiger partial charge on any atom is 0.287 e. The van der Waals surface area contributed by atoms with Crippen molar-refractivity contribution in [2.24, 2.45) is 10.2 Å². The minimum Gasteiger partial charge on any atom is -0.294 e. The number of rotatable bonds is 5. The lowest BCUT2D eigenvalue weighted by molar-refractivity contribution is -0.114. The minimum atomic E-state index is -0.596. The van der Waals surface area contributed by atoms with Crippen molar-refractivity contribution >= 4 is 29.4 Å². The smallest absolute Gasteiger partial charge is 0.287 e. The summed E-state index contributed by atoms with van der Waals surface area (Å²) in [6.07, 6.45) is 1.93. The van der Waals surface area contributed by atoms with Crippen molar-refractivity contribution in [1.82, 2.24) is 10.9 Å². The lowest BCUT2D eigenvalue weighted by Crippen LogP contribution is -2.38. The fourth-order valence-electron chi connectivity index (χ4n) is 3.37. The van der Waals surface area contributed by atoms with E-state index in [0.717, 1.165) is 16.7 Å². The lowest BCUT2D eigenvalue weighted by atomic mass is 9.80. The van der Waals surface area contributed by atoms with Crippen molar-refractivity contribution in [2.45, 2.75) is 12.0 Å². The number of hydrogen-bond donors (Lipinski definition) is 2. The second-order valence-electron chi connectivity index (χ2n) is 6.71. The fourth-order valence-corrected chi connectivity index (χ4v) is 3.56. The van der Waals surface area contributed by atoms with E-state index >= 15 is 0 Å². The average Bonchev–Trinajstić information content (AvgIpc) is 3.23. The molecule has 4 rings (SSSR count). The zero-order valence-electron chi connectivity index (χ0n) is 15.5. The molecule has 3 aromatic rings. The van der Waals surface area contributed by atoms with Crippen LogP contribution in [0, 0.1) is 0 Å². The number of benzene rings is 3. The maximum atomic E-state index is 12.6. The van der Waals surface area contributed by atoms with Gasteiger partial charge in [0, 0.05) is 17.0 Å². The Labute approximate surface area is 174 Å². The summed E-state index contributed by atoms with van der Waals surface area (Å²) in [6.45, 7) is 0. The van der Waals surface area contributed by atoms with Gasteiger partial charge in [-0.15, -0.1) is 0 Å². The van der Waals surface area contributed by atoms with E-state index in [1.54, 1.807) is 6.07 Å². The molecule has 29 heavy (non-hydrogen) atoms. The van der Waals surface area contributed by atoms with Gasteiger partial charge in [0.2, 0.25) is 0 Å². The molecule has 1 aliphatic heterocycles. The fraction of sp³-hybridized carbons (Fsp3) is 0.0870. The van der Waals surface area contributed by atoms with Gasteiger partial charge in [-0.05, 0) is 17.2 Å². The van der Waals surface area contributed by atoms with Crippen molar-refractivity contribution in [3.63, 3.8) is 0 Å². The van der Waals surface area contributed by atoms with Crippen LogP contribution in [0.1, 0.15) is 23.1 Å². The molecule has 0 radical (unpaired) electrons. The number of carbonyl (C=O) groups is 1. The van der Waals surface area contributed by atoms with Gasteiger partial charge in [0.1, 0.15) is 11.3 Å². The number of halogens is 1. The lowest BCUT2D eigenvalue weighted by Gasteiger charge is -2.30. The van der Waals surface area contributed by atoms with Crippen LogP contribution >= 0.6 is 11.6 Å². The van der Waals surface area contributed by atoms with Gasteiger partial charge in [-0.2, -0.15) is 10.2 Å². The molecule has 0 bridgehead atoms. The van der Waals surface area contributed by atoms with Gasteiger partial charge in [0.15, 0.2) is 0 Å². The maximum absolute atomic E-state index is 12.6. The van der Waals surface area contributed by atoms with E-state index in [1.165, 1.54) is 6.21 Å². The van der Waals surface area contributed by atoms with E-state index in [2.05, 4.69) is 21.1 Å². The molecule has 0 spiro atoms. The molecule has 1 aliphatic rings. The first kappa shape index (κ1) is 18.9. The molecule has 1 amide bonds. The molecule has 0 aliphatic carbocycles. The third kappa shape index (κ3) is 3.91. The van der Waals surface area contributed by atoms with Gasteiger partial charge >= 0.3 is 0 Å². The zero-order valence-corrected chi connectivity index (χ0v) is 16.3. The molecule has 3 aromatic carbocycles. The normalized spacial score (nSPS) is 15.0. The molecule has 6 heteroatoms. The number of amides is 1. The quantitative estimate of drug-likeness (QED) is 0.498. The summed E-state index contributed by atoms with van der Waals surface area (Å²) in [6, 6.07) is 27.3. The Morgan fingerprint density at radius 1 is 0.966 bits per heavy atom. The number of hydrogen-bond acceptors (Lipinski definition) is 4. The Balaban J connectivity index is 1.53. The van der Waals surface area contributed by atoms with Crippen molar-refractivity contribution < 1.29 is 4.79 Å². The summed E-state index contributed by atoms with van der Waals surface area (Å²) < 4.78 is 0. The second-order valence-corrected chi connectivity index (χ2v) is 7.11. The summed E-state index contributed by atoms with van der Waals surface area (Å²) in [5, 5.41) is 8.93. The van der Waals surface area contributed by atoms with Crippen LogP contribution in [0.3, 0.4) is 0 Å². The molecule has 0 fully saturated rings. The summed E-state index contributed by atoms with van der Waals surface area (Å²) in [7, 11) is 0. The Morgan fingerprint density at radius 3 is 2.17 bits per heavy atom. The Hall–Kier alpha value is -3.44. The van der Waals surface area contributed by atoms with Crippen LogP contribution in [0.2, 0.25) is 5.02 Å². The van der Waals surface area contributed by atoms with E-state index in [4.69, 9.17) is 11.6 Å². The topological polar surface area (TPSA) is 65.8 Å². The third-order valence-corrected chi connectivity index (χ3v) is 5.23. The molecule has 2 N–H and O–H groups in total. The van der Waals surface area contributed by atoms with Gasteiger partial charge < -0.3 is 0 Å². The molecule has 0 saturated carbocycles. The molecule has 144 valence electrons. The van der Waals surface area contributed by atoms with Crippen LogP contribution in [0.4, 0.5) is 0 Å². The van der Waals surface area contributed by atoms with Gasteiger partial charge in [-0.1, -0.05) is 90.5 Å². The van der Waals surface area contributed by atoms with Crippen LogP contribution < -0.4 is 10.9 Å². The van der Waals surface area contributed by atoms with Crippen LogP contribution in [0.5, 0.6) is 0 Å². The summed E-state index contributed by atoms with van der Waals surface area (Å²) in [5.41, 5.74) is 8.34. The van der Waals surface area contributed by atoms with Gasteiger partial charge in [-0.3, -0.25) is 10.2 Å². The van der Waals surface area contributed by atoms with Crippen LogP contribution in [-0.4, -0.2) is 17.8 Å². The summed E-state index contributed by atoms with van der Waals surface area (Å²) in [4.78, 5) is 12.6. The largest absolute Gasteiger partial charge is 0.294 e. The van der Waals surface area contributed by atoms with Crippen molar-refractivity contribution in [3.05, 3.63) is 107 Å². The first-order valence-electron chi connectivity index (χ1n) is 9.22. The highest BCUT2D eigenvalue weighted by Crippen LogP contribution is 2.36. The standard InChI is InChI=1S/C23H19ClN4O/c24-20-14-8-7-9-17(20)16-25-27-22(29)21-15-23(28-26-21,18-10-3-1-4-11-18)19-12-5-2-6-13-19/h1-14,16,28H,15H2,(H,27,29)/b25-16+. The Morgan fingerprint density at radius 2 is 1.55 bits per heavy atom. The SMILES string of the molecule is O=C(N/N=C/c1ccccc1Cl)C1=NNC(c2ccccc2)(c2ccccc2)C1. The Kier molecular flexibility index (Phi) is 5.40. The van der Waals surface area contributed by atoms with E-state index in [9.17, 15) is 4.79 Å². The highest BCUT2D eigenvalue weighted by Gasteiger charge is 2.41. The van der Waals surface area contributed by atoms with E-state index < -0.39 is 5.54 Å². The molecule has 1 heterocycles. The minimum absolute atomic E-state index is 0.352. The van der Waals surface area contributed by atoms with Crippen LogP contribution in [-0.2, 0) is 10.3 Å². The highest BCUT2D eigenvalue weighted by atomic mass is 35.5. The van der Waals surface area contributed by atoms with Crippen LogP contribution in [0.25, 0.3) is 0 Å². The number of hydrazone groups is 2. The first-order valence-corrected chi connectivity index (χ1v) is 9.59. The molecular formula is C23H19ClN4O. The van der Waals surface area contributed by atoms with Crippen molar-refractivity contribution in [2.75, 3.05) is 0 Å². The average molecular weight is 403 g/mol.